The number of halogens is 4. The van der Waals surface area contributed by atoms with Crippen LogP contribution in [0.3, 0.4) is 0 Å². The van der Waals surface area contributed by atoms with E-state index in [1.165, 1.54) is 12.1 Å². The number of alkyl halides is 3. The lowest BCUT2D eigenvalue weighted by molar-refractivity contribution is -0.160. The second-order valence-corrected chi connectivity index (χ2v) is 4.55. The highest BCUT2D eigenvalue weighted by molar-refractivity contribution is 5.83. The second-order valence-electron chi connectivity index (χ2n) is 4.55. The first-order chi connectivity index (χ1) is 10.1. The van der Waals surface area contributed by atoms with Crippen molar-refractivity contribution >= 4 is 11.9 Å². The number of aliphatic carboxylic acids is 1. The van der Waals surface area contributed by atoms with E-state index in [2.05, 4.69) is 0 Å². The summed E-state index contributed by atoms with van der Waals surface area (Å²) in [5.41, 5.74) is 0.0536. The molecule has 0 aromatic heterocycles. The van der Waals surface area contributed by atoms with Crippen molar-refractivity contribution in [3.05, 3.63) is 35.6 Å². The van der Waals surface area contributed by atoms with Crippen LogP contribution >= 0.6 is 0 Å². The van der Waals surface area contributed by atoms with E-state index in [9.17, 15) is 32.3 Å². The average Bonchev–Trinajstić information content (AvgIpc) is 2.36. The van der Waals surface area contributed by atoms with Gasteiger partial charge >= 0.3 is 12.1 Å². The molecule has 1 rings (SSSR count). The molecule has 2 unspecified atom stereocenters. The summed E-state index contributed by atoms with van der Waals surface area (Å²) in [5.74, 6) is -3.59. The van der Waals surface area contributed by atoms with E-state index in [0.29, 0.717) is 0 Å². The van der Waals surface area contributed by atoms with Crippen LogP contribution in [0.1, 0.15) is 24.5 Å². The van der Waals surface area contributed by atoms with Crippen LogP contribution in [-0.4, -0.2) is 34.3 Å². The molecule has 0 bridgehead atoms. The Morgan fingerprint density at radius 3 is 2.41 bits per heavy atom. The molecule has 9 heteroatoms. The molecule has 1 aromatic rings. The van der Waals surface area contributed by atoms with Crippen molar-refractivity contribution in [3.8, 4) is 0 Å². The second kappa shape index (κ2) is 7.21. The minimum Gasteiger partial charge on any atom is -0.480 e. The number of aliphatic hydroxyl groups excluding tert-OH is 1. The van der Waals surface area contributed by atoms with Gasteiger partial charge in [0.1, 0.15) is 11.9 Å². The molecule has 0 fully saturated rings. The lowest BCUT2D eigenvalue weighted by Crippen LogP contribution is -2.43. The minimum atomic E-state index is -4.77. The van der Waals surface area contributed by atoms with Crippen molar-refractivity contribution in [1.29, 1.82) is 0 Å². The molecule has 1 amide bonds. The highest BCUT2D eigenvalue weighted by atomic mass is 19.4. The number of nitrogens with one attached hydrogen (secondary N) is 1. The van der Waals surface area contributed by atoms with E-state index in [1.807, 2.05) is 0 Å². The zero-order chi connectivity index (χ0) is 16.9. The molecule has 2 atom stereocenters. The fraction of sp³-hybridized carbons (Fsp3) is 0.385. The summed E-state index contributed by atoms with van der Waals surface area (Å²) in [6.45, 7) is 0. The van der Waals surface area contributed by atoms with Crippen LogP contribution in [-0.2, 0) is 9.59 Å². The molecule has 0 aliphatic carbocycles. The molecule has 3 N–H and O–H groups in total. The Hall–Kier alpha value is -2.16. The van der Waals surface area contributed by atoms with E-state index in [1.54, 1.807) is 5.32 Å². The summed E-state index contributed by atoms with van der Waals surface area (Å²) in [6.07, 6.45) is -8.65. The van der Waals surface area contributed by atoms with Gasteiger partial charge in [0.05, 0.1) is 18.9 Å². The maximum Gasteiger partial charge on any atom is 0.391 e. The molecular formula is C13H13F4NO4. The smallest absolute Gasteiger partial charge is 0.391 e. The van der Waals surface area contributed by atoms with Crippen LogP contribution in [0.5, 0.6) is 0 Å². The van der Waals surface area contributed by atoms with Crippen molar-refractivity contribution in [3.63, 3.8) is 0 Å². The molecule has 0 spiro atoms. The number of amides is 1. The Kier molecular flexibility index (Phi) is 5.86. The quantitative estimate of drug-likeness (QED) is 0.697. The van der Waals surface area contributed by atoms with Gasteiger partial charge in [-0.3, -0.25) is 4.79 Å². The summed E-state index contributed by atoms with van der Waals surface area (Å²) >= 11 is 0. The number of benzene rings is 1. The van der Waals surface area contributed by atoms with Crippen molar-refractivity contribution < 1.29 is 37.4 Å². The zero-order valence-electron chi connectivity index (χ0n) is 11.1. The monoisotopic (exact) mass is 323 g/mol. The van der Waals surface area contributed by atoms with E-state index in [4.69, 9.17) is 5.11 Å². The first kappa shape index (κ1) is 17.9. The lowest BCUT2D eigenvalue weighted by Gasteiger charge is -2.17. The van der Waals surface area contributed by atoms with Gasteiger partial charge in [-0.05, 0) is 17.7 Å². The number of carbonyl (C=O) groups is 2. The van der Waals surface area contributed by atoms with E-state index < -0.39 is 48.9 Å². The standard InChI is InChI=1S/C13H13F4NO4/c14-8-3-1-2-7(4-8)10(19)5-11(20)18-9(12(21)22)6-13(15,16)17/h1-4,9-10,19H,5-6H2,(H,18,20)(H,21,22). The Morgan fingerprint density at radius 1 is 1.27 bits per heavy atom. The number of carboxylic acids is 1. The molecular weight excluding hydrogens is 310 g/mol. The van der Waals surface area contributed by atoms with Gasteiger partial charge in [-0.1, -0.05) is 12.1 Å². The molecule has 0 radical (unpaired) electrons. The normalized spacial score (nSPS) is 14.2. The number of rotatable bonds is 6. The van der Waals surface area contributed by atoms with Gasteiger partial charge in [-0.15, -0.1) is 0 Å². The summed E-state index contributed by atoms with van der Waals surface area (Å²) in [4.78, 5) is 22.2. The van der Waals surface area contributed by atoms with Crippen molar-refractivity contribution in [2.45, 2.75) is 31.2 Å². The highest BCUT2D eigenvalue weighted by Gasteiger charge is 2.36. The average molecular weight is 323 g/mol. The summed E-state index contributed by atoms with van der Waals surface area (Å²) in [5, 5.41) is 20.0. The number of carboxylic acid groups (broad SMARTS) is 1. The first-order valence-electron chi connectivity index (χ1n) is 6.11. The number of hydrogen-bond donors (Lipinski definition) is 3. The van der Waals surface area contributed by atoms with Crippen LogP contribution in [0, 0.1) is 5.82 Å². The van der Waals surface area contributed by atoms with Crippen LogP contribution in [0.2, 0.25) is 0 Å². The Labute approximate surface area is 122 Å². The number of hydrogen-bond acceptors (Lipinski definition) is 3. The largest absolute Gasteiger partial charge is 0.480 e. The first-order valence-corrected chi connectivity index (χ1v) is 6.11. The van der Waals surface area contributed by atoms with Gasteiger partial charge in [0.2, 0.25) is 5.91 Å². The minimum absolute atomic E-state index is 0.0536. The maximum absolute atomic E-state index is 13.0. The molecule has 0 heterocycles. The van der Waals surface area contributed by atoms with Gasteiger partial charge in [-0.2, -0.15) is 13.2 Å². The predicted molar refractivity (Wildman–Crippen MR) is 66.2 cm³/mol. The molecule has 1 aromatic carbocycles. The van der Waals surface area contributed by atoms with Gasteiger partial charge in [0.25, 0.3) is 0 Å². The van der Waals surface area contributed by atoms with E-state index in [-0.39, 0.29) is 5.56 Å². The summed E-state index contributed by atoms with van der Waals surface area (Å²) in [7, 11) is 0. The Balaban J connectivity index is 2.65. The Morgan fingerprint density at radius 2 is 1.91 bits per heavy atom. The van der Waals surface area contributed by atoms with Gasteiger partial charge in [0.15, 0.2) is 0 Å². The fourth-order valence-electron chi connectivity index (χ4n) is 1.69. The van der Waals surface area contributed by atoms with Crippen molar-refractivity contribution in [2.75, 3.05) is 0 Å². The SMILES string of the molecule is O=C(CC(O)c1cccc(F)c1)NC(CC(F)(F)F)C(=O)O. The highest BCUT2D eigenvalue weighted by Crippen LogP contribution is 2.22. The van der Waals surface area contributed by atoms with Crippen LogP contribution < -0.4 is 5.32 Å². The van der Waals surface area contributed by atoms with Gasteiger partial charge in [-0.25, -0.2) is 9.18 Å². The summed E-state index contributed by atoms with van der Waals surface area (Å²) < 4.78 is 49.5. The molecule has 22 heavy (non-hydrogen) atoms. The lowest BCUT2D eigenvalue weighted by atomic mass is 10.1. The van der Waals surface area contributed by atoms with Crippen LogP contribution in [0.4, 0.5) is 17.6 Å². The summed E-state index contributed by atoms with van der Waals surface area (Å²) in [6, 6.07) is 2.54. The topological polar surface area (TPSA) is 86.6 Å². The third-order valence-electron chi connectivity index (χ3n) is 2.68. The van der Waals surface area contributed by atoms with Crippen LogP contribution in [0.25, 0.3) is 0 Å². The third-order valence-corrected chi connectivity index (χ3v) is 2.68. The molecule has 0 saturated heterocycles. The van der Waals surface area contributed by atoms with Gasteiger partial charge in [0, 0.05) is 0 Å². The van der Waals surface area contributed by atoms with Crippen LogP contribution in [0.15, 0.2) is 24.3 Å². The molecule has 5 nitrogen and oxygen atoms in total. The molecule has 0 aliphatic heterocycles. The predicted octanol–water partition coefficient (Wildman–Crippen LogP) is 1.77. The van der Waals surface area contributed by atoms with Crippen molar-refractivity contribution in [1.82, 2.24) is 5.32 Å². The van der Waals surface area contributed by atoms with E-state index >= 15 is 0 Å². The number of aliphatic hydroxyl groups is 1. The maximum atomic E-state index is 13.0. The zero-order valence-corrected chi connectivity index (χ0v) is 11.1. The van der Waals surface area contributed by atoms with Crippen molar-refractivity contribution in [2.24, 2.45) is 0 Å². The Bertz CT molecular complexity index is 547. The number of carbonyl (C=O) groups excluding carboxylic acids is 1. The molecule has 0 aliphatic rings. The molecule has 0 saturated carbocycles. The third kappa shape index (κ3) is 6.08. The molecule has 122 valence electrons. The fourth-order valence-corrected chi connectivity index (χ4v) is 1.69. The van der Waals surface area contributed by atoms with E-state index in [0.717, 1.165) is 12.1 Å². The van der Waals surface area contributed by atoms with Gasteiger partial charge < -0.3 is 15.5 Å².